The van der Waals surface area contributed by atoms with E-state index in [2.05, 4.69) is 0 Å². The number of benzene rings is 1. The first kappa shape index (κ1) is 24.0. The number of carbonyl (C=O) groups is 3. The van der Waals surface area contributed by atoms with Crippen LogP contribution in [0.4, 0.5) is 0 Å². The molecule has 1 aromatic carbocycles. The van der Waals surface area contributed by atoms with E-state index in [0.717, 1.165) is 10.7 Å². The topological polar surface area (TPSA) is 98.3 Å². The Morgan fingerprint density at radius 3 is 2.17 bits per heavy atom. The largest absolute Gasteiger partial charge is 0.348 e. The second-order valence-electron chi connectivity index (χ2n) is 7.64. The third-order valence-corrected chi connectivity index (χ3v) is 6.94. The third kappa shape index (κ3) is 6.10. The number of hydrogen-bond donors (Lipinski definition) is 0. The van der Waals surface area contributed by atoms with Gasteiger partial charge in [0.15, 0.2) is 5.78 Å². The van der Waals surface area contributed by atoms with Gasteiger partial charge < -0.3 is 9.80 Å². The van der Waals surface area contributed by atoms with Crippen molar-refractivity contribution < 1.29 is 22.8 Å². The predicted molar refractivity (Wildman–Crippen MR) is 113 cm³/mol. The standard InChI is InChI=1S/C20H30N4O5S/c1-16(25)17-6-8-18(9-7-17)30(28,29)22(4)14-20(27)24-11-5-10-23(12-13-24)15-19(26)21(2)3/h6-9H,5,10-15H2,1-4H3. The van der Waals surface area contributed by atoms with Crippen LogP contribution in [0.15, 0.2) is 29.2 Å². The molecule has 0 bridgehead atoms. The molecule has 0 N–H and O–H groups in total. The van der Waals surface area contributed by atoms with Crippen LogP contribution in [0, 0.1) is 0 Å². The molecule has 1 aromatic rings. The summed E-state index contributed by atoms with van der Waals surface area (Å²) in [5, 5.41) is 0. The van der Waals surface area contributed by atoms with Gasteiger partial charge in [-0.25, -0.2) is 8.42 Å². The van der Waals surface area contributed by atoms with Gasteiger partial charge in [-0.15, -0.1) is 0 Å². The van der Waals surface area contributed by atoms with Crippen molar-refractivity contribution in [3.05, 3.63) is 29.8 Å². The van der Waals surface area contributed by atoms with Crippen LogP contribution in [0.25, 0.3) is 0 Å². The van der Waals surface area contributed by atoms with Crippen molar-refractivity contribution in [3.63, 3.8) is 0 Å². The van der Waals surface area contributed by atoms with Crippen molar-refractivity contribution in [3.8, 4) is 0 Å². The fourth-order valence-electron chi connectivity index (χ4n) is 3.13. The summed E-state index contributed by atoms with van der Waals surface area (Å²) in [6.45, 7) is 3.68. The molecule has 2 rings (SSSR count). The summed E-state index contributed by atoms with van der Waals surface area (Å²) in [5.74, 6) is -0.413. The molecule has 0 radical (unpaired) electrons. The number of rotatable bonds is 7. The maximum absolute atomic E-state index is 12.8. The number of carbonyl (C=O) groups excluding carboxylic acids is 3. The van der Waals surface area contributed by atoms with Crippen molar-refractivity contribution in [1.29, 1.82) is 0 Å². The molecule has 0 aromatic heterocycles. The lowest BCUT2D eigenvalue weighted by atomic mass is 10.2. The Labute approximate surface area is 178 Å². The summed E-state index contributed by atoms with van der Waals surface area (Å²) in [6.07, 6.45) is 0.718. The van der Waals surface area contributed by atoms with Crippen molar-refractivity contribution in [2.45, 2.75) is 18.2 Å². The number of ketones is 1. The quantitative estimate of drug-likeness (QED) is 0.562. The Kier molecular flexibility index (Phi) is 8.10. The zero-order valence-corrected chi connectivity index (χ0v) is 18.8. The lowest BCUT2D eigenvalue weighted by molar-refractivity contribution is -0.131. The Morgan fingerprint density at radius 1 is 0.967 bits per heavy atom. The Morgan fingerprint density at radius 2 is 1.60 bits per heavy atom. The molecule has 0 aliphatic carbocycles. The van der Waals surface area contributed by atoms with E-state index in [-0.39, 0.29) is 29.0 Å². The van der Waals surface area contributed by atoms with Crippen LogP contribution >= 0.6 is 0 Å². The Bertz CT molecular complexity index is 883. The normalized spacial score (nSPS) is 15.7. The van der Waals surface area contributed by atoms with Crippen LogP contribution in [0.5, 0.6) is 0 Å². The van der Waals surface area contributed by atoms with Crippen molar-refractivity contribution in [2.24, 2.45) is 0 Å². The van der Waals surface area contributed by atoms with Gasteiger partial charge in [-0.05, 0) is 25.5 Å². The summed E-state index contributed by atoms with van der Waals surface area (Å²) in [6, 6.07) is 5.67. The molecule has 0 spiro atoms. The molecule has 0 unspecified atom stereocenters. The average molecular weight is 439 g/mol. The van der Waals surface area contributed by atoms with Gasteiger partial charge in [0.2, 0.25) is 21.8 Å². The zero-order chi connectivity index (χ0) is 22.5. The molecule has 9 nitrogen and oxygen atoms in total. The summed E-state index contributed by atoms with van der Waals surface area (Å²) in [4.78, 5) is 41.2. The second-order valence-corrected chi connectivity index (χ2v) is 9.69. The first-order valence-electron chi connectivity index (χ1n) is 9.80. The van der Waals surface area contributed by atoms with E-state index in [9.17, 15) is 22.8 Å². The highest BCUT2D eigenvalue weighted by atomic mass is 32.2. The highest BCUT2D eigenvalue weighted by Crippen LogP contribution is 2.16. The van der Waals surface area contributed by atoms with Gasteiger partial charge in [-0.2, -0.15) is 4.31 Å². The minimum atomic E-state index is -3.85. The number of nitrogens with zero attached hydrogens (tertiary/aromatic N) is 4. The van der Waals surface area contributed by atoms with E-state index in [1.54, 1.807) is 19.0 Å². The van der Waals surface area contributed by atoms with Gasteiger partial charge in [-0.1, -0.05) is 12.1 Å². The van der Waals surface area contributed by atoms with Crippen LogP contribution in [-0.2, 0) is 19.6 Å². The van der Waals surface area contributed by atoms with Gasteiger partial charge in [0.1, 0.15) is 0 Å². The number of Topliss-reactive ketones (excluding diaryl/α,β-unsaturated/α-hetero) is 1. The van der Waals surface area contributed by atoms with Crippen LogP contribution in [0.3, 0.4) is 0 Å². The number of sulfonamides is 1. The fraction of sp³-hybridized carbons (Fsp3) is 0.550. The molecular weight excluding hydrogens is 408 g/mol. The molecule has 30 heavy (non-hydrogen) atoms. The van der Waals surface area contributed by atoms with Crippen molar-refractivity contribution in [2.75, 3.05) is 60.4 Å². The monoisotopic (exact) mass is 438 g/mol. The van der Waals surface area contributed by atoms with Crippen molar-refractivity contribution >= 4 is 27.6 Å². The SMILES string of the molecule is CC(=O)c1ccc(S(=O)(=O)N(C)CC(=O)N2CCCN(CC(=O)N(C)C)CC2)cc1. The molecule has 2 amide bonds. The van der Waals surface area contributed by atoms with Crippen LogP contribution in [0.2, 0.25) is 0 Å². The highest BCUT2D eigenvalue weighted by Gasteiger charge is 2.27. The van der Waals surface area contributed by atoms with E-state index < -0.39 is 10.0 Å². The first-order chi connectivity index (χ1) is 14.0. The number of hydrogen-bond acceptors (Lipinski definition) is 6. The highest BCUT2D eigenvalue weighted by molar-refractivity contribution is 7.89. The van der Waals surface area contributed by atoms with Gasteiger partial charge in [-0.3, -0.25) is 19.3 Å². The average Bonchev–Trinajstić information content (AvgIpc) is 2.93. The van der Waals surface area contributed by atoms with Gasteiger partial charge in [0.25, 0.3) is 0 Å². The van der Waals surface area contributed by atoms with E-state index in [4.69, 9.17) is 0 Å². The number of likely N-dealkylation sites (N-methyl/N-ethyl adjacent to an activating group) is 2. The molecule has 0 saturated carbocycles. The minimum Gasteiger partial charge on any atom is -0.348 e. The minimum absolute atomic E-state index is 0.0106. The number of amides is 2. The molecule has 10 heteroatoms. The first-order valence-corrected chi connectivity index (χ1v) is 11.2. The van der Waals surface area contributed by atoms with Crippen LogP contribution in [-0.4, -0.2) is 105 Å². The third-order valence-electron chi connectivity index (χ3n) is 5.13. The molecule has 1 aliphatic heterocycles. The smallest absolute Gasteiger partial charge is 0.243 e. The fourth-order valence-corrected chi connectivity index (χ4v) is 4.25. The van der Waals surface area contributed by atoms with E-state index in [1.807, 2.05) is 4.90 Å². The van der Waals surface area contributed by atoms with Gasteiger partial charge >= 0.3 is 0 Å². The summed E-state index contributed by atoms with van der Waals surface area (Å²) in [7, 11) is 0.937. The molecule has 166 valence electrons. The lowest BCUT2D eigenvalue weighted by Crippen LogP contribution is -2.43. The molecule has 1 aliphatic rings. The Hall–Kier alpha value is -2.30. The predicted octanol–water partition coefficient (Wildman–Crippen LogP) is 0.132. The lowest BCUT2D eigenvalue weighted by Gasteiger charge is -2.25. The molecular formula is C20H30N4O5S. The molecule has 1 fully saturated rings. The van der Waals surface area contributed by atoms with E-state index in [1.165, 1.54) is 43.1 Å². The van der Waals surface area contributed by atoms with Crippen molar-refractivity contribution in [1.82, 2.24) is 19.0 Å². The van der Waals surface area contributed by atoms with Crippen LogP contribution in [0.1, 0.15) is 23.7 Å². The van der Waals surface area contributed by atoms with Gasteiger partial charge in [0, 0.05) is 52.9 Å². The maximum Gasteiger partial charge on any atom is 0.243 e. The summed E-state index contributed by atoms with van der Waals surface area (Å²) >= 11 is 0. The maximum atomic E-state index is 12.8. The summed E-state index contributed by atoms with van der Waals surface area (Å²) < 4.78 is 26.5. The van der Waals surface area contributed by atoms with Gasteiger partial charge in [0.05, 0.1) is 18.0 Å². The molecule has 1 saturated heterocycles. The van der Waals surface area contributed by atoms with E-state index >= 15 is 0 Å². The summed E-state index contributed by atoms with van der Waals surface area (Å²) in [5.41, 5.74) is 0.426. The molecule has 0 atom stereocenters. The van der Waals surface area contributed by atoms with Crippen LogP contribution < -0.4 is 0 Å². The molecule has 1 heterocycles. The Balaban J connectivity index is 1.97. The second kappa shape index (κ2) is 10.1. The van der Waals surface area contributed by atoms with E-state index in [0.29, 0.717) is 38.3 Å². The zero-order valence-electron chi connectivity index (χ0n) is 18.0.